The molecule has 1 heterocycles. The summed E-state index contributed by atoms with van der Waals surface area (Å²) < 4.78 is 4.53. The van der Waals surface area contributed by atoms with Crippen molar-refractivity contribution in [1.82, 2.24) is 10.3 Å². The van der Waals surface area contributed by atoms with Crippen LogP contribution in [0.15, 0.2) is 16.8 Å². The maximum Gasteiger partial charge on any atom is 1.00 e. The van der Waals surface area contributed by atoms with Crippen LogP contribution in [0.1, 0.15) is 32.3 Å². The number of benzene rings is 1. The van der Waals surface area contributed by atoms with Gasteiger partial charge in [-0.3, -0.25) is 14.9 Å². The summed E-state index contributed by atoms with van der Waals surface area (Å²) >= 11 is 0. The zero-order chi connectivity index (χ0) is 15.8. The van der Waals surface area contributed by atoms with Gasteiger partial charge in [-0.1, -0.05) is 20.8 Å². The molecule has 0 saturated heterocycles. The van der Waals surface area contributed by atoms with E-state index in [-0.39, 0.29) is 57.6 Å². The SMILES string of the molecule is CC(C)(C)C(=O)C(C#N)c1ccc([N+](=O)[O-])c2nonc12.[Na+]. The number of aromatic nitrogens is 2. The fourth-order valence-corrected chi connectivity index (χ4v) is 1.96. The Kier molecular flexibility index (Phi) is 5.40. The van der Waals surface area contributed by atoms with Crippen LogP contribution in [-0.4, -0.2) is 21.0 Å². The van der Waals surface area contributed by atoms with Gasteiger partial charge >= 0.3 is 35.2 Å². The van der Waals surface area contributed by atoms with Crippen LogP contribution >= 0.6 is 0 Å². The fourth-order valence-electron chi connectivity index (χ4n) is 1.96. The number of hydrogen-bond donors (Lipinski definition) is 0. The Morgan fingerprint density at radius 1 is 1.36 bits per heavy atom. The van der Waals surface area contributed by atoms with Crippen LogP contribution < -0.4 is 29.6 Å². The first-order valence-corrected chi connectivity index (χ1v) is 6.11. The number of nitro benzene ring substituents is 1. The molecule has 9 heteroatoms. The van der Waals surface area contributed by atoms with Crippen molar-refractivity contribution in [1.29, 1.82) is 5.26 Å². The van der Waals surface area contributed by atoms with Crippen molar-refractivity contribution < 1.29 is 43.9 Å². The molecule has 0 saturated carbocycles. The molecule has 0 radical (unpaired) electrons. The number of ketones is 1. The molecule has 0 fully saturated rings. The van der Waals surface area contributed by atoms with Gasteiger partial charge < -0.3 is 0 Å². The van der Waals surface area contributed by atoms with E-state index in [1.54, 1.807) is 20.8 Å². The van der Waals surface area contributed by atoms with E-state index in [1.165, 1.54) is 12.1 Å². The third-order valence-electron chi connectivity index (χ3n) is 3.06. The van der Waals surface area contributed by atoms with Gasteiger partial charge in [-0.05, 0) is 16.4 Å². The molecule has 1 atom stereocenters. The van der Waals surface area contributed by atoms with Crippen LogP contribution in [0.2, 0.25) is 0 Å². The third kappa shape index (κ3) is 3.16. The van der Waals surface area contributed by atoms with E-state index < -0.39 is 16.3 Å². The van der Waals surface area contributed by atoms with Crippen LogP contribution in [-0.2, 0) is 4.79 Å². The van der Waals surface area contributed by atoms with Gasteiger partial charge in [0, 0.05) is 17.0 Å². The van der Waals surface area contributed by atoms with Crippen molar-refractivity contribution >= 4 is 22.5 Å². The minimum Gasteiger partial charge on any atom is -0.297 e. The van der Waals surface area contributed by atoms with E-state index in [0.717, 1.165) is 0 Å². The van der Waals surface area contributed by atoms with Gasteiger partial charge in [-0.15, -0.1) is 0 Å². The molecular weight excluding hydrogens is 299 g/mol. The van der Waals surface area contributed by atoms with Gasteiger partial charge in [0.05, 0.1) is 11.0 Å². The first-order valence-electron chi connectivity index (χ1n) is 6.11. The summed E-state index contributed by atoms with van der Waals surface area (Å²) in [7, 11) is 0. The van der Waals surface area contributed by atoms with E-state index in [0.29, 0.717) is 0 Å². The van der Waals surface area contributed by atoms with Crippen molar-refractivity contribution in [2.24, 2.45) is 5.41 Å². The summed E-state index contributed by atoms with van der Waals surface area (Å²) in [6.45, 7) is 5.09. The number of nitriles is 1. The molecule has 0 aliphatic rings. The monoisotopic (exact) mass is 311 g/mol. The van der Waals surface area contributed by atoms with Gasteiger partial charge in [0.2, 0.25) is 5.52 Å². The molecular formula is C13H12N4NaO4+. The van der Waals surface area contributed by atoms with Crippen LogP contribution in [0.3, 0.4) is 0 Å². The van der Waals surface area contributed by atoms with Crippen molar-refractivity contribution in [2.75, 3.05) is 0 Å². The molecule has 2 rings (SSSR count). The van der Waals surface area contributed by atoms with Gasteiger partial charge in [0.25, 0.3) is 0 Å². The van der Waals surface area contributed by atoms with Crippen LogP contribution in [0, 0.1) is 26.9 Å². The Morgan fingerprint density at radius 2 is 1.95 bits per heavy atom. The van der Waals surface area contributed by atoms with Gasteiger partial charge in [-0.2, -0.15) is 5.26 Å². The topological polar surface area (TPSA) is 123 Å². The van der Waals surface area contributed by atoms with E-state index in [2.05, 4.69) is 14.9 Å². The average Bonchev–Trinajstić information content (AvgIpc) is 2.87. The molecule has 0 aliphatic carbocycles. The number of hydrogen-bond acceptors (Lipinski definition) is 7. The average molecular weight is 311 g/mol. The maximum absolute atomic E-state index is 12.3. The normalized spacial score (nSPS) is 12.3. The Bertz CT molecular complexity index is 772. The molecule has 0 N–H and O–H groups in total. The van der Waals surface area contributed by atoms with Crippen molar-refractivity contribution in [3.8, 4) is 6.07 Å². The summed E-state index contributed by atoms with van der Waals surface area (Å²) in [5, 5.41) is 27.3. The molecule has 108 valence electrons. The molecule has 0 aliphatic heterocycles. The standard InChI is InChI=1S/C13H12N4O4.Na/c1-13(2,3)12(18)8(6-14)7-4-5-9(17(19)20)11-10(7)15-21-16-11;/h4-5,8H,1-3H3;/q;+1. The number of nitrogens with zero attached hydrogens (tertiary/aromatic N) is 4. The second-order valence-corrected chi connectivity index (χ2v) is 5.57. The second kappa shape index (κ2) is 6.52. The molecule has 22 heavy (non-hydrogen) atoms. The Labute approximate surface area is 147 Å². The van der Waals surface area contributed by atoms with E-state index in [9.17, 15) is 20.2 Å². The van der Waals surface area contributed by atoms with E-state index >= 15 is 0 Å². The van der Waals surface area contributed by atoms with Gasteiger partial charge in [-0.25, -0.2) is 4.63 Å². The molecule has 1 aromatic heterocycles. The van der Waals surface area contributed by atoms with Crippen molar-refractivity contribution in [3.05, 3.63) is 27.8 Å². The number of carbonyl (C=O) groups excluding carboxylic acids is 1. The van der Waals surface area contributed by atoms with Crippen molar-refractivity contribution in [3.63, 3.8) is 0 Å². The first kappa shape index (κ1) is 18.2. The minimum absolute atomic E-state index is 0. The molecule has 0 spiro atoms. The molecule has 2 aromatic rings. The van der Waals surface area contributed by atoms with E-state index in [4.69, 9.17) is 0 Å². The summed E-state index contributed by atoms with van der Waals surface area (Å²) in [6.07, 6.45) is 0. The van der Waals surface area contributed by atoms with Crippen LogP contribution in [0.25, 0.3) is 11.0 Å². The zero-order valence-electron chi connectivity index (χ0n) is 12.7. The Morgan fingerprint density at radius 3 is 2.45 bits per heavy atom. The number of non-ortho nitro benzene ring substituents is 1. The number of carbonyl (C=O) groups is 1. The number of Topliss-reactive ketones (excluding diaryl/α,β-unsaturated/α-hetero) is 1. The predicted molar refractivity (Wildman–Crippen MR) is 71.3 cm³/mol. The predicted octanol–water partition coefficient (Wildman–Crippen LogP) is -0.643. The second-order valence-electron chi connectivity index (χ2n) is 5.57. The minimum atomic E-state index is -1.08. The quantitative estimate of drug-likeness (QED) is 0.419. The first-order chi connectivity index (χ1) is 9.77. The van der Waals surface area contributed by atoms with Gasteiger partial charge in [0.1, 0.15) is 11.4 Å². The summed E-state index contributed by atoms with van der Waals surface area (Å²) in [6, 6.07) is 4.47. The molecule has 0 bridgehead atoms. The fraction of sp³-hybridized carbons (Fsp3) is 0.385. The summed E-state index contributed by atoms with van der Waals surface area (Å²) in [4.78, 5) is 22.6. The number of fused-ring (bicyclic) bond motifs is 1. The number of nitro groups is 1. The van der Waals surface area contributed by atoms with Gasteiger partial charge in [0.15, 0.2) is 5.78 Å². The van der Waals surface area contributed by atoms with Crippen molar-refractivity contribution in [2.45, 2.75) is 26.7 Å². The summed E-state index contributed by atoms with van der Waals surface area (Å²) in [5.74, 6) is -1.39. The molecule has 1 unspecified atom stereocenters. The Balaban J connectivity index is 0.00000242. The van der Waals surface area contributed by atoms with Crippen LogP contribution in [0.4, 0.5) is 5.69 Å². The third-order valence-corrected chi connectivity index (χ3v) is 3.06. The summed E-state index contributed by atoms with van der Waals surface area (Å²) in [5.41, 5.74) is -0.756. The molecule has 1 aromatic carbocycles. The van der Waals surface area contributed by atoms with E-state index in [1.807, 2.05) is 6.07 Å². The maximum atomic E-state index is 12.3. The molecule has 0 amide bonds. The number of rotatable bonds is 3. The largest absolute Gasteiger partial charge is 1.00 e. The van der Waals surface area contributed by atoms with Crippen LogP contribution in [0.5, 0.6) is 0 Å². The smallest absolute Gasteiger partial charge is 0.297 e. The Hall–Kier alpha value is -1.82. The zero-order valence-corrected chi connectivity index (χ0v) is 14.7. The molecule has 8 nitrogen and oxygen atoms in total.